The lowest BCUT2D eigenvalue weighted by Crippen LogP contribution is -2.30. The molecule has 0 amide bonds. The molecule has 58 heavy (non-hydrogen) atoms. The summed E-state index contributed by atoms with van der Waals surface area (Å²) in [6.45, 7) is 7.49. The van der Waals surface area contributed by atoms with Gasteiger partial charge in [0, 0.05) is 19.4 Å². The fourth-order valence-corrected chi connectivity index (χ4v) is 6.42. The zero-order valence-electron chi connectivity index (χ0n) is 38.0. The van der Waals surface area contributed by atoms with E-state index < -0.39 is 6.10 Å². The van der Waals surface area contributed by atoms with Crippen molar-refractivity contribution in [3.05, 3.63) is 85.1 Å². The van der Waals surface area contributed by atoms with Crippen LogP contribution in [0.15, 0.2) is 85.1 Å². The molecule has 5 heteroatoms. The van der Waals surface area contributed by atoms with Crippen molar-refractivity contribution in [3.63, 3.8) is 0 Å². The van der Waals surface area contributed by atoms with Crippen molar-refractivity contribution in [3.8, 4) is 0 Å². The molecule has 1 unspecified atom stereocenters. The maximum atomic E-state index is 12.8. The molecule has 0 saturated heterocycles. The SMILES string of the molecule is CC/C=C\C/C=C\C/C=C\C/C=C\CCC(=O)OCC(COCCCCCCCC/C=C\C/C=C\C/C=C\CC)OC(=O)CCCCCCCCCCCCCCC. The number of esters is 2. The Kier molecular flexibility index (Phi) is 46.0. The van der Waals surface area contributed by atoms with Crippen LogP contribution in [0.1, 0.15) is 213 Å². The third kappa shape index (κ3) is 45.8. The fraction of sp³-hybridized carbons (Fsp3) is 0.698. The largest absolute Gasteiger partial charge is 0.462 e. The van der Waals surface area contributed by atoms with Gasteiger partial charge in [0.05, 0.1) is 6.61 Å². The van der Waals surface area contributed by atoms with Crippen LogP contribution >= 0.6 is 0 Å². The van der Waals surface area contributed by atoms with Gasteiger partial charge in [-0.05, 0) is 77.0 Å². The molecule has 0 spiro atoms. The minimum Gasteiger partial charge on any atom is -0.462 e. The number of unbranched alkanes of at least 4 members (excludes halogenated alkanes) is 18. The molecule has 0 aliphatic heterocycles. The second-order valence-corrected chi connectivity index (χ2v) is 15.6. The molecule has 0 fully saturated rings. The molecule has 0 aromatic carbocycles. The minimum absolute atomic E-state index is 0.0401. The van der Waals surface area contributed by atoms with Gasteiger partial charge in [-0.25, -0.2) is 0 Å². The first kappa shape index (κ1) is 55.1. The standard InChI is InChI=1S/C53H90O5/c1-4-7-10-13-16-19-22-25-26-27-30-33-36-39-42-45-48-56-49-51(58-53(55)47-44-41-38-35-32-29-24-21-18-15-12-9-6-3)50-57-52(54)46-43-40-37-34-31-28-23-20-17-14-11-8-5-2/h7-8,10-11,16-17,19-20,25-26,28,31,37,40,51H,4-6,9,12-15,18,21-24,27,29-30,32-36,38-39,41-50H2,1-3H3/b10-7-,11-8-,19-16-,20-17-,26-25-,31-28-,40-37-. The van der Waals surface area contributed by atoms with Crippen LogP contribution in [-0.4, -0.2) is 37.9 Å². The van der Waals surface area contributed by atoms with Crippen LogP contribution in [0.5, 0.6) is 0 Å². The summed E-state index contributed by atoms with van der Waals surface area (Å²) in [5.41, 5.74) is 0. The Labute approximate surface area is 359 Å². The first-order chi connectivity index (χ1) is 28.6. The number of hydrogen-bond donors (Lipinski definition) is 0. The maximum absolute atomic E-state index is 12.8. The van der Waals surface area contributed by atoms with Crippen LogP contribution in [0.25, 0.3) is 0 Å². The van der Waals surface area contributed by atoms with E-state index in [1.54, 1.807) is 0 Å². The molecule has 0 aliphatic carbocycles. The lowest BCUT2D eigenvalue weighted by molar-refractivity contribution is -0.162. The third-order valence-electron chi connectivity index (χ3n) is 9.94. The minimum atomic E-state index is -0.572. The molecule has 332 valence electrons. The zero-order valence-corrected chi connectivity index (χ0v) is 38.0. The Balaban J connectivity index is 4.37. The van der Waals surface area contributed by atoms with E-state index in [0.29, 0.717) is 25.9 Å². The van der Waals surface area contributed by atoms with Crippen molar-refractivity contribution in [2.45, 2.75) is 219 Å². The Morgan fingerprint density at radius 2 is 0.810 bits per heavy atom. The van der Waals surface area contributed by atoms with Gasteiger partial charge in [-0.3, -0.25) is 9.59 Å². The lowest BCUT2D eigenvalue weighted by atomic mass is 10.0. The number of carbonyl (C=O) groups is 2. The zero-order chi connectivity index (χ0) is 42.1. The quantitative estimate of drug-likeness (QED) is 0.0349. The Morgan fingerprint density at radius 3 is 1.31 bits per heavy atom. The van der Waals surface area contributed by atoms with Crippen LogP contribution in [0, 0.1) is 0 Å². The van der Waals surface area contributed by atoms with E-state index in [-0.39, 0.29) is 25.2 Å². The van der Waals surface area contributed by atoms with Gasteiger partial charge in [-0.15, -0.1) is 0 Å². The highest BCUT2D eigenvalue weighted by molar-refractivity contribution is 5.70. The molecule has 1 atom stereocenters. The van der Waals surface area contributed by atoms with Crippen LogP contribution in [0.4, 0.5) is 0 Å². The highest BCUT2D eigenvalue weighted by atomic mass is 16.6. The molecule has 0 bridgehead atoms. The van der Waals surface area contributed by atoms with Crippen molar-refractivity contribution >= 4 is 11.9 Å². The van der Waals surface area contributed by atoms with Crippen LogP contribution in [0.3, 0.4) is 0 Å². The molecule has 0 radical (unpaired) electrons. The van der Waals surface area contributed by atoms with E-state index in [2.05, 4.69) is 99.8 Å². The van der Waals surface area contributed by atoms with Gasteiger partial charge >= 0.3 is 11.9 Å². The predicted molar refractivity (Wildman–Crippen MR) is 251 cm³/mol. The molecule has 0 heterocycles. The molecule has 0 aromatic rings. The molecule has 0 rings (SSSR count). The summed E-state index contributed by atoms with van der Waals surface area (Å²) in [5, 5.41) is 0. The Bertz CT molecular complexity index is 1090. The Morgan fingerprint density at radius 1 is 0.397 bits per heavy atom. The van der Waals surface area contributed by atoms with E-state index >= 15 is 0 Å². The highest BCUT2D eigenvalue weighted by Crippen LogP contribution is 2.14. The summed E-state index contributed by atoms with van der Waals surface area (Å²) in [6.07, 6.45) is 63.1. The van der Waals surface area contributed by atoms with E-state index in [4.69, 9.17) is 14.2 Å². The summed E-state index contributed by atoms with van der Waals surface area (Å²) in [6, 6.07) is 0. The van der Waals surface area contributed by atoms with Crippen molar-refractivity contribution in [1.29, 1.82) is 0 Å². The van der Waals surface area contributed by atoms with Gasteiger partial charge in [-0.2, -0.15) is 0 Å². The maximum Gasteiger partial charge on any atom is 0.306 e. The summed E-state index contributed by atoms with van der Waals surface area (Å²) in [7, 11) is 0. The summed E-state index contributed by atoms with van der Waals surface area (Å²) in [5.74, 6) is -0.499. The number of allylic oxidation sites excluding steroid dienone is 14. The number of hydrogen-bond acceptors (Lipinski definition) is 5. The first-order valence-corrected chi connectivity index (χ1v) is 24.1. The van der Waals surface area contributed by atoms with E-state index in [0.717, 1.165) is 77.0 Å². The van der Waals surface area contributed by atoms with Crippen LogP contribution in [-0.2, 0) is 23.8 Å². The van der Waals surface area contributed by atoms with Gasteiger partial charge in [0.25, 0.3) is 0 Å². The van der Waals surface area contributed by atoms with Crippen molar-refractivity contribution in [1.82, 2.24) is 0 Å². The van der Waals surface area contributed by atoms with Gasteiger partial charge in [-0.1, -0.05) is 209 Å². The highest BCUT2D eigenvalue weighted by Gasteiger charge is 2.17. The fourth-order valence-electron chi connectivity index (χ4n) is 6.42. The monoisotopic (exact) mass is 807 g/mol. The lowest BCUT2D eigenvalue weighted by Gasteiger charge is -2.18. The first-order valence-electron chi connectivity index (χ1n) is 24.1. The predicted octanol–water partition coefficient (Wildman–Crippen LogP) is 16.1. The van der Waals surface area contributed by atoms with Crippen LogP contribution in [0.2, 0.25) is 0 Å². The van der Waals surface area contributed by atoms with Crippen molar-refractivity contribution in [2.75, 3.05) is 19.8 Å². The molecular weight excluding hydrogens is 717 g/mol. The molecule has 0 saturated carbocycles. The van der Waals surface area contributed by atoms with Gasteiger partial charge in [0.2, 0.25) is 0 Å². The third-order valence-corrected chi connectivity index (χ3v) is 9.94. The number of rotatable bonds is 43. The summed E-state index contributed by atoms with van der Waals surface area (Å²) < 4.78 is 17.3. The molecule has 0 N–H and O–H groups in total. The van der Waals surface area contributed by atoms with E-state index in [9.17, 15) is 9.59 Å². The van der Waals surface area contributed by atoms with Crippen LogP contribution < -0.4 is 0 Å². The molecule has 5 nitrogen and oxygen atoms in total. The number of carbonyl (C=O) groups excluding carboxylic acids is 2. The van der Waals surface area contributed by atoms with Gasteiger partial charge in [0.15, 0.2) is 6.10 Å². The summed E-state index contributed by atoms with van der Waals surface area (Å²) in [4.78, 5) is 25.3. The topological polar surface area (TPSA) is 61.8 Å². The normalized spacial score (nSPS) is 12.9. The molecular formula is C53H90O5. The van der Waals surface area contributed by atoms with Gasteiger partial charge in [0.1, 0.15) is 6.61 Å². The van der Waals surface area contributed by atoms with Crippen molar-refractivity contribution in [2.24, 2.45) is 0 Å². The average molecular weight is 807 g/mol. The van der Waals surface area contributed by atoms with E-state index in [1.807, 2.05) is 6.08 Å². The molecule has 0 aromatic heterocycles. The van der Waals surface area contributed by atoms with E-state index in [1.165, 1.54) is 96.3 Å². The smallest absolute Gasteiger partial charge is 0.306 e. The average Bonchev–Trinajstić information content (AvgIpc) is 3.22. The van der Waals surface area contributed by atoms with Gasteiger partial charge < -0.3 is 14.2 Å². The molecule has 0 aliphatic rings. The Hall–Kier alpha value is -2.92. The second kappa shape index (κ2) is 48.4. The second-order valence-electron chi connectivity index (χ2n) is 15.6. The summed E-state index contributed by atoms with van der Waals surface area (Å²) >= 11 is 0. The van der Waals surface area contributed by atoms with Crippen molar-refractivity contribution < 1.29 is 23.8 Å². The number of ether oxygens (including phenoxy) is 3.